The van der Waals surface area contributed by atoms with Crippen molar-refractivity contribution < 1.29 is 4.74 Å². The molecule has 0 amide bonds. The molecule has 0 atom stereocenters. The van der Waals surface area contributed by atoms with E-state index >= 15 is 0 Å². The summed E-state index contributed by atoms with van der Waals surface area (Å²) in [6.45, 7) is 1.73. The molecule has 2 aliphatic rings. The van der Waals surface area contributed by atoms with Gasteiger partial charge in [0.1, 0.15) is 0 Å². The lowest BCUT2D eigenvalue weighted by Gasteiger charge is -2.17. The van der Waals surface area contributed by atoms with Crippen LogP contribution < -0.4 is 5.32 Å². The second kappa shape index (κ2) is 5.41. The van der Waals surface area contributed by atoms with Gasteiger partial charge in [-0.25, -0.2) is 0 Å². The molecule has 2 nitrogen and oxygen atoms in total. The maximum atomic E-state index is 5.13. The zero-order valence-corrected chi connectivity index (χ0v) is 11.2. The van der Waals surface area contributed by atoms with Gasteiger partial charge in [0.2, 0.25) is 0 Å². The fraction of sp³-hybridized carbons (Fsp3) is 0.625. The Morgan fingerprint density at radius 3 is 2.11 bits per heavy atom. The minimum Gasteiger partial charge on any atom is -0.380 e. The van der Waals surface area contributed by atoms with Gasteiger partial charge in [0.25, 0.3) is 0 Å². The van der Waals surface area contributed by atoms with Gasteiger partial charge in [-0.05, 0) is 48.6 Å². The van der Waals surface area contributed by atoms with E-state index in [4.69, 9.17) is 4.74 Å². The SMILES string of the molecule is COCc1ccc(CNC(C2CC2)C2CC2)cc1. The highest BCUT2D eigenvalue weighted by molar-refractivity contribution is 5.22. The standard InChI is InChI=1S/C16H23NO/c1-18-11-13-4-2-12(3-5-13)10-17-16(14-6-7-14)15-8-9-15/h2-5,14-17H,6-11H2,1H3. The summed E-state index contributed by atoms with van der Waals surface area (Å²) in [4.78, 5) is 0. The first-order valence-corrected chi connectivity index (χ1v) is 7.17. The van der Waals surface area contributed by atoms with Crippen LogP contribution >= 0.6 is 0 Å². The van der Waals surface area contributed by atoms with Gasteiger partial charge < -0.3 is 10.1 Å². The summed E-state index contributed by atoms with van der Waals surface area (Å²) in [6.07, 6.45) is 5.78. The maximum Gasteiger partial charge on any atom is 0.0713 e. The lowest BCUT2D eigenvalue weighted by Crippen LogP contribution is -2.32. The number of benzene rings is 1. The molecule has 0 aromatic heterocycles. The summed E-state index contributed by atoms with van der Waals surface area (Å²) >= 11 is 0. The second-order valence-electron chi connectivity index (χ2n) is 5.83. The highest BCUT2D eigenvalue weighted by atomic mass is 16.5. The lowest BCUT2D eigenvalue weighted by atomic mass is 10.1. The van der Waals surface area contributed by atoms with Crippen molar-refractivity contribution >= 4 is 0 Å². The molecule has 18 heavy (non-hydrogen) atoms. The van der Waals surface area contributed by atoms with Gasteiger partial charge in [-0.2, -0.15) is 0 Å². The van der Waals surface area contributed by atoms with Crippen molar-refractivity contribution in [3.05, 3.63) is 35.4 Å². The molecule has 2 saturated carbocycles. The Hall–Kier alpha value is -0.860. The first kappa shape index (κ1) is 12.2. The third-order valence-corrected chi connectivity index (χ3v) is 4.14. The number of hydrogen-bond acceptors (Lipinski definition) is 2. The fourth-order valence-electron chi connectivity index (χ4n) is 2.78. The molecule has 2 aliphatic carbocycles. The van der Waals surface area contributed by atoms with Crippen molar-refractivity contribution in [2.75, 3.05) is 7.11 Å². The van der Waals surface area contributed by atoms with E-state index in [2.05, 4.69) is 29.6 Å². The number of nitrogens with one attached hydrogen (secondary N) is 1. The van der Waals surface area contributed by atoms with Gasteiger partial charge in [-0.1, -0.05) is 24.3 Å². The zero-order valence-electron chi connectivity index (χ0n) is 11.2. The van der Waals surface area contributed by atoms with E-state index in [-0.39, 0.29) is 0 Å². The minimum atomic E-state index is 0.709. The Balaban J connectivity index is 1.52. The predicted molar refractivity (Wildman–Crippen MR) is 73.2 cm³/mol. The first-order chi connectivity index (χ1) is 8.86. The molecule has 2 fully saturated rings. The van der Waals surface area contributed by atoms with Crippen LogP contribution in [0.1, 0.15) is 36.8 Å². The number of rotatable bonds is 7. The van der Waals surface area contributed by atoms with Crippen LogP contribution in [0.5, 0.6) is 0 Å². The third-order valence-electron chi connectivity index (χ3n) is 4.14. The predicted octanol–water partition coefficient (Wildman–Crippen LogP) is 3.11. The van der Waals surface area contributed by atoms with Gasteiger partial charge >= 0.3 is 0 Å². The largest absolute Gasteiger partial charge is 0.380 e. The van der Waals surface area contributed by atoms with Gasteiger partial charge in [0.05, 0.1) is 6.61 Å². The van der Waals surface area contributed by atoms with E-state index in [9.17, 15) is 0 Å². The summed E-state index contributed by atoms with van der Waals surface area (Å²) < 4.78 is 5.13. The van der Waals surface area contributed by atoms with Gasteiger partial charge in [-0.15, -0.1) is 0 Å². The van der Waals surface area contributed by atoms with Gasteiger partial charge in [0.15, 0.2) is 0 Å². The van der Waals surface area contributed by atoms with Crippen molar-refractivity contribution in [2.24, 2.45) is 11.8 Å². The highest BCUT2D eigenvalue weighted by Crippen LogP contribution is 2.44. The van der Waals surface area contributed by atoms with E-state index in [1.807, 2.05) is 0 Å². The Bertz CT molecular complexity index is 367. The second-order valence-corrected chi connectivity index (χ2v) is 5.83. The normalized spacial score (nSPS) is 19.4. The average Bonchev–Trinajstić information content (AvgIpc) is 3.26. The van der Waals surface area contributed by atoms with Gasteiger partial charge in [-0.3, -0.25) is 0 Å². The average molecular weight is 245 g/mol. The molecule has 0 radical (unpaired) electrons. The van der Waals surface area contributed by atoms with Crippen molar-refractivity contribution in [1.82, 2.24) is 5.32 Å². The molecule has 0 aliphatic heterocycles. The van der Waals surface area contributed by atoms with E-state index in [0.717, 1.165) is 24.4 Å². The molecule has 0 heterocycles. The summed E-state index contributed by atoms with van der Waals surface area (Å²) in [5.41, 5.74) is 2.64. The molecule has 0 unspecified atom stereocenters. The summed E-state index contributed by atoms with van der Waals surface area (Å²) in [7, 11) is 1.74. The Kier molecular flexibility index (Phi) is 3.67. The molecule has 0 spiro atoms. The highest BCUT2D eigenvalue weighted by Gasteiger charge is 2.40. The van der Waals surface area contributed by atoms with Crippen LogP contribution in [0.15, 0.2) is 24.3 Å². The van der Waals surface area contributed by atoms with E-state index in [1.165, 1.54) is 36.8 Å². The summed E-state index contributed by atoms with van der Waals surface area (Å²) in [5, 5.41) is 3.78. The monoisotopic (exact) mass is 245 g/mol. The topological polar surface area (TPSA) is 21.3 Å². The molecule has 3 rings (SSSR count). The molecule has 98 valence electrons. The summed E-state index contributed by atoms with van der Waals surface area (Å²) in [5.74, 6) is 1.95. The Labute approximate surface area is 110 Å². The van der Waals surface area contributed by atoms with Gasteiger partial charge in [0, 0.05) is 19.7 Å². The first-order valence-electron chi connectivity index (χ1n) is 7.17. The van der Waals surface area contributed by atoms with Crippen molar-refractivity contribution in [2.45, 2.75) is 44.9 Å². The maximum absolute atomic E-state index is 5.13. The number of ether oxygens (including phenoxy) is 1. The van der Waals surface area contributed by atoms with Crippen molar-refractivity contribution in [3.63, 3.8) is 0 Å². The molecular formula is C16H23NO. The van der Waals surface area contributed by atoms with E-state index < -0.39 is 0 Å². The van der Waals surface area contributed by atoms with Crippen molar-refractivity contribution in [1.29, 1.82) is 0 Å². The quantitative estimate of drug-likeness (QED) is 0.797. The third kappa shape index (κ3) is 3.12. The molecular weight excluding hydrogens is 222 g/mol. The van der Waals surface area contributed by atoms with E-state index in [0.29, 0.717) is 6.61 Å². The van der Waals surface area contributed by atoms with Crippen LogP contribution in [0, 0.1) is 11.8 Å². The Morgan fingerprint density at radius 1 is 1.06 bits per heavy atom. The Morgan fingerprint density at radius 2 is 1.61 bits per heavy atom. The molecule has 1 aromatic rings. The van der Waals surface area contributed by atoms with Crippen LogP contribution in [0.4, 0.5) is 0 Å². The molecule has 1 N–H and O–H groups in total. The molecule has 2 heteroatoms. The van der Waals surface area contributed by atoms with Crippen molar-refractivity contribution in [3.8, 4) is 0 Å². The molecule has 0 bridgehead atoms. The smallest absolute Gasteiger partial charge is 0.0713 e. The zero-order chi connectivity index (χ0) is 12.4. The summed E-state index contributed by atoms with van der Waals surface area (Å²) in [6, 6.07) is 9.58. The van der Waals surface area contributed by atoms with Crippen LogP contribution in [-0.4, -0.2) is 13.2 Å². The molecule has 0 saturated heterocycles. The molecule has 1 aromatic carbocycles. The minimum absolute atomic E-state index is 0.709. The fourth-order valence-corrected chi connectivity index (χ4v) is 2.78. The van der Waals surface area contributed by atoms with Crippen LogP contribution in [-0.2, 0) is 17.9 Å². The number of hydrogen-bond donors (Lipinski definition) is 1. The van der Waals surface area contributed by atoms with Crippen LogP contribution in [0.25, 0.3) is 0 Å². The van der Waals surface area contributed by atoms with Crippen LogP contribution in [0.2, 0.25) is 0 Å². The lowest BCUT2D eigenvalue weighted by molar-refractivity contribution is 0.185. The van der Waals surface area contributed by atoms with E-state index in [1.54, 1.807) is 7.11 Å². The van der Waals surface area contributed by atoms with Crippen LogP contribution in [0.3, 0.4) is 0 Å². The number of methoxy groups -OCH3 is 1.